The molecular formula is C99H72B2N6. The highest BCUT2D eigenvalue weighted by atomic mass is 15.3. The molecule has 504 valence electrons. The van der Waals surface area contributed by atoms with Crippen LogP contribution in [0.25, 0.3) is 72.0 Å². The summed E-state index contributed by atoms with van der Waals surface area (Å²) in [4.78, 5) is 13.7. The third kappa shape index (κ3) is 9.15. The molecule has 2 saturated carbocycles. The van der Waals surface area contributed by atoms with E-state index in [2.05, 4.69) is 381 Å². The maximum atomic E-state index is 2.94. The monoisotopic (exact) mass is 1370 g/mol. The molecule has 0 atom stereocenters. The average molecular weight is 1370 g/mol. The molecule has 4 bridgehead atoms. The van der Waals surface area contributed by atoms with E-state index in [0.717, 1.165) is 96.3 Å². The molecule has 2 aliphatic carbocycles. The fourth-order valence-corrected chi connectivity index (χ4v) is 21.0. The summed E-state index contributed by atoms with van der Waals surface area (Å²) in [7, 11) is 0. The van der Waals surface area contributed by atoms with E-state index >= 15 is 0 Å². The second kappa shape index (κ2) is 23.9. The van der Waals surface area contributed by atoms with Crippen LogP contribution in [0.1, 0.15) is 32.1 Å². The maximum absolute atomic E-state index is 2.94. The Morgan fingerprint density at radius 1 is 0.234 bits per heavy atom. The van der Waals surface area contributed by atoms with Gasteiger partial charge in [0.25, 0.3) is 13.4 Å². The summed E-state index contributed by atoms with van der Waals surface area (Å²) in [5.74, 6) is 1.59. The van der Waals surface area contributed by atoms with Crippen molar-refractivity contribution in [2.75, 3.05) is 24.5 Å². The Bertz CT molecular complexity index is 6070. The third-order valence-electron chi connectivity index (χ3n) is 24.9. The van der Waals surface area contributed by atoms with Crippen LogP contribution in [0.2, 0.25) is 0 Å². The van der Waals surface area contributed by atoms with Crippen molar-refractivity contribution in [2.45, 2.75) is 44.2 Å². The molecule has 15 aromatic carbocycles. The van der Waals surface area contributed by atoms with E-state index in [0.29, 0.717) is 12.1 Å². The van der Waals surface area contributed by atoms with Gasteiger partial charge in [0.05, 0.1) is 28.1 Å². The van der Waals surface area contributed by atoms with Gasteiger partial charge in [0.2, 0.25) is 0 Å². The lowest BCUT2D eigenvalue weighted by molar-refractivity contribution is 0.0900. The fourth-order valence-electron chi connectivity index (χ4n) is 21.0. The second-order valence-corrected chi connectivity index (χ2v) is 30.6. The minimum absolute atomic E-state index is 0.176. The van der Waals surface area contributed by atoms with Gasteiger partial charge in [-0.1, -0.05) is 273 Å². The number of rotatable bonds is 10. The standard InChI is InChI=1S/C99H72B2N6/c1-7-29-66(30-8-1)76-43-27-44-77(67-31-9-2-10-32-67)98(76)106-89-52-26-22-48-83(89)101-84-62-85-91(63-90(84)104(71-39-17-6-18-40-71)93-60-75(61-94(106)97(93)101)105-86-49-23-19-41-80(86)81-42-20-24-50-87(81)105)107(99-78(68-33-11-3-12-34-68)45-28-46-79(99)69-35-13-4-14-36-69)95-59-74(102-72-54-64-53-65(56-72)57-73(102)55-64)58-92-96(95)100(85)82-47-21-25-51-88(82)103(92)70-37-15-5-16-38-70/h1-52,58-65,72-73H,53-57H2. The minimum Gasteiger partial charge on any atom is -0.365 e. The average Bonchev–Trinajstić information content (AvgIpc) is 1.26. The van der Waals surface area contributed by atoms with Crippen LogP contribution in [0.5, 0.6) is 0 Å². The number of piperidine rings is 2. The van der Waals surface area contributed by atoms with Crippen molar-refractivity contribution in [2.24, 2.45) is 11.8 Å². The van der Waals surface area contributed by atoms with E-state index in [1.54, 1.807) is 0 Å². The number of benzene rings is 15. The molecule has 0 spiro atoms. The van der Waals surface area contributed by atoms with E-state index in [4.69, 9.17) is 0 Å². The predicted molar refractivity (Wildman–Crippen MR) is 451 cm³/mol. The molecule has 8 heteroatoms. The first-order valence-electron chi connectivity index (χ1n) is 38.4. The number of para-hydroxylation sites is 8. The zero-order valence-electron chi connectivity index (χ0n) is 59.2. The van der Waals surface area contributed by atoms with Crippen molar-refractivity contribution in [3.8, 4) is 50.2 Å². The van der Waals surface area contributed by atoms with Crippen molar-refractivity contribution in [3.63, 3.8) is 0 Å². The Hall–Kier alpha value is -12.8. The zero-order chi connectivity index (χ0) is 70.0. The number of aromatic nitrogens is 1. The molecular weight excluding hydrogens is 1290 g/mol. The van der Waals surface area contributed by atoms with E-state index < -0.39 is 0 Å². The van der Waals surface area contributed by atoms with Gasteiger partial charge in [-0.15, -0.1) is 0 Å². The molecule has 2 saturated heterocycles. The largest absolute Gasteiger partial charge is 0.365 e. The smallest absolute Gasteiger partial charge is 0.252 e. The van der Waals surface area contributed by atoms with Crippen LogP contribution in [0, 0.1) is 11.8 Å². The summed E-state index contributed by atoms with van der Waals surface area (Å²) >= 11 is 0. The van der Waals surface area contributed by atoms with Crippen molar-refractivity contribution in [3.05, 3.63) is 352 Å². The second-order valence-electron chi connectivity index (χ2n) is 30.6. The van der Waals surface area contributed by atoms with Crippen LogP contribution in [0.4, 0.5) is 73.9 Å². The molecule has 4 fully saturated rings. The third-order valence-corrected chi connectivity index (χ3v) is 24.9. The maximum Gasteiger partial charge on any atom is 0.252 e. The zero-order valence-corrected chi connectivity index (χ0v) is 59.2. The predicted octanol–water partition coefficient (Wildman–Crippen LogP) is 21.4. The molecule has 1 aromatic heterocycles. The molecule has 0 amide bonds. The van der Waals surface area contributed by atoms with Crippen LogP contribution < -0.4 is 57.3 Å². The van der Waals surface area contributed by atoms with Crippen molar-refractivity contribution >= 4 is 142 Å². The van der Waals surface area contributed by atoms with Gasteiger partial charge in [-0.05, 0) is 178 Å². The van der Waals surface area contributed by atoms with E-state index in [1.165, 1.54) is 126 Å². The molecule has 7 heterocycles. The Morgan fingerprint density at radius 3 is 1.01 bits per heavy atom. The first-order chi connectivity index (χ1) is 53.1. The summed E-state index contributed by atoms with van der Waals surface area (Å²) in [6.07, 6.45) is 6.42. The molecule has 6 nitrogen and oxygen atoms in total. The van der Waals surface area contributed by atoms with E-state index in [1.807, 2.05) is 0 Å². The number of fused-ring (bicyclic) bond motifs is 11. The van der Waals surface area contributed by atoms with Crippen molar-refractivity contribution < 1.29 is 0 Å². The van der Waals surface area contributed by atoms with Crippen molar-refractivity contribution in [1.29, 1.82) is 0 Å². The molecule has 6 aliphatic heterocycles. The lowest BCUT2D eigenvalue weighted by atomic mass is 9.30. The summed E-state index contributed by atoms with van der Waals surface area (Å²) < 4.78 is 2.54. The highest BCUT2D eigenvalue weighted by Gasteiger charge is 2.52. The van der Waals surface area contributed by atoms with Gasteiger partial charge in [-0.3, -0.25) is 0 Å². The van der Waals surface area contributed by atoms with Crippen LogP contribution in [0.3, 0.4) is 0 Å². The van der Waals surface area contributed by atoms with Crippen LogP contribution in [0.15, 0.2) is 352 Å². The first-order valence-corrected chi connectivity index (χ1v) is 38.4. The highest BCUT2D eigenvalue weighted by Crippen LogP contribution is 2.57. The van der Waals surface area contributed by atoms with Gasteiger partial charge in [-0.25, -0.2) is 0 Å². The normalized spacial score (nSPS) is 17.4. The Kier molecular flexibility index (Phi) is 13.5. The Balaban J connectivity index is 0.874. The molecule has 0 unspecified atom stereocenters. The van der Waals surface area contributed by atoms with Crippen LogP contribution in [-0.2, 0) is 0 Å². The number of hydrogen-bond donors (Lipinski definition) is 0. The summed E-state index contributed by atoms with van der Waals surface area (Å²) in [6, 6.07) is 135. The van der Waals surface area contributed by atoms with Gasteiger partial charge < -0.3 is 29.1 Å². The number of anilines is 13. The summed E-state index contributed by atoms with van der Waals surface area (Å²) in [6.45, 7) is -0.411. The van der Waals surface area contributed by atoms with Gasteiger partial charge >= 0.3 is 0 Å². The lowest BCUT2D eigenvalue weighted by Gasteiger charge is -2.58. The Morgan fingerprint density at radius 2 is 0.570 bits per heavy atom. The number of hydrogen-bond acceptors (Lipinski definition) is 5. The SMILES string of the molecule is c1ccc(-c2cccc(-c3ccccc3)c2N2c3cc4c(cc3B3c5ccccc5N(c5ccccc5)c5cc(N6C7CC8CC(C7)CC6C8)cc2c53)B2c3ccccc3N(c3c(-c5ccccc5)cccc3-c3ccccc3)c3cc(-n5c6ccccc6c6ccccc65)cc(c32)N4c2ccccc2)cc1. The quantitative estimate of drug-likeness (QED) is 0.127. The summed E-state index contributed by atoms with van der Waals surface area (Å²) in [5.41, 5.74) is 35.7. The van der Waals surface area contributed by atoms with Gasteiger partial charge in [0.1, 0.15) is 0 Å². The van der Waals surface area contributed by atoms with Gasteiger partial charge in [0.15, 0.2) is 0 Å². The van der Waals surface area contributed by atoms with E-state index in [9.17, 15) is 0 Å². The molecule has 24 rings (SSSR count). The highest BCUT2D eigenvalue weighted by molar-refractivity contribution is 7.03. The number of nitrogens with zero attached hydrogens (tertiary/aromatic N) is 6. The summed E-state index contributed by atoms with van der Waals surface area (Å²) in [5, 5.41) is 2.45. The minimum atomic E-state index is -0.235. The topological polar surface area (TPSA) is 21.1 Å². The molecule has 0 radical (unpaired) electrons. The Labute approximate surface area is 625 Å². The lowest BCUT2D eigenvalue weighted by Crippen LogP contribution is -2.65. The van der Waals surface area contributed by atoms with Gasteiger partial charge in [-0.2, -0.15) is 0 Å². The van der Waals surface area contributed by atoms with Crippen LogP contribution in [-0.4, -0.2) is 30.1 Å². The van der Waals surface area contributed by atoms with E-state index in [-0.39, 0.29) is 13.4 Å². The molecule has 8 aliphatic rings. The first kappa shape index (κ1) is 60.6. The van der Waals surface area contributed by atoms with Crippen LogP contribution >= 0.6 is 0 Å². The van der Waals surface area contributed by atoms with Crippen molar-refractivity contribution in [1.82, 2.24) is 4.57 Å². The van der Waals surface area contributed by atoms with Gasteiger partial charge in [0, 0.05) is 108 Å². The molecule has 16 aromatic rings. The fraction of sp³-hybridized carbons (Fsp3) is 0.0909. The molecule has 0 N–H and O–H groups in total. The molecule has 107 heavy (non-hydrogen) atoms.